The number of carbonyl (C=O) groups is 1. The van der Waals surface area contributed by atoms with Gasteiger partial charge in [0.25, 0.3) is 0 Å². The lowest BCUT2D eigenvalue weighted by atomic mass is 10.2. The number of ether oxygens (including phenoxy) is 4. The smallest absolute Gasteiger partial charge is 0.338 e. The molecule has 0 N–H and O–H groups in total. The standard InChI is InChI=1S/C20H16ClNO5S/c1-24-16-5-3-2-4-14(16)19-22-13(11-28-19)10-27-20(23)12-8-15(21)18-17(9-12)25-6-7-26-18/h2-5,8-9,11H,6-7,10H2,1H3. The van der Waals surface area contributed by atoms with Gasteiger partial charge in [-0.2, -0.15) is 0 Å². The van der Waals surface area contributed by atoms with Crippen molar-refractivity contribution in [1.82, 2.24) is 4.98 Å². The number of rotatable bonds is 5. The third-order valence-corrected chi connectivity index (χ3v) is 5.28. The number of benzene rings is 2. The van der Waals surface area contributed by atoms with Crippen LogP contribution in [-0.2, 0) is 11.3 Å². The second-order valence-corrected chi connectivity index (χ2v) is 7.17. The molecule has 1 aliphatic heterocycles. The maximum absolute atomic E-state index is 12.4. The normalized spacial score (nSPS) is 12.5. The van der Waals surface area contributed by atoms with Crippen molar-refractivity contribution in [2.75, 3.05) is 20.3 Å². The molecular weight excluding hydrogens is 402 g/mol. The van der Waals surface area contributed by atoms with Gasteiger partial charge in [0.1, 0.15) is 30.6 Å². The van der Waals surface area contributed by atoms with Crippen LogP contribution in [-0.4, -0.2) is 31.3 Å². The van der Waals surface area contributed by atoms with Gasteiger partial charge in [-0.3, -0.25) is 0 Å². The van der Waals surface area contributed by atoms with Crippen molar-refractivity contribution in [2.45, 2.75) is 6.61 Å². The van der Waals surface area contributed by atoms with Gasteiger partial charge < -0.3 is 18.9 Å². The van der Waals surface area contributed by atoms with E-state index >= 15 is 0 Å². The van der Waals surface area contributed by atoms with Gasteiger partial charge in [-0.15, -0.1) is 11.3 Å². The number of nitrogens with zero attached hydrogens (tertiary/aromatic N) is 1. The lowest BCUT2D eigenvalue weighted by Crippen LogP contribution is -2.16. The Morgan fingerprint density at radius 2 is 2.07 bits per heavy atom. The highest BCUT2D eigenvalue weighted by molar-refractivity contribution is 7.13. The number of hydrogen-bond acceptors (Lipinski definition) is 7. The van der Waals surface area contributed by atoms with Gasteiger partial charge in [0.15, 0.2) is 11.5 Å². The summed E-state index contributed by atoms with van der Waals surface area (Å²) < 4.78 is 21.7. The van der Waals surface area contributed by atoms with Crippen molar-refractivity contribution >= 4 is 28.9 Å². The minimum Gasteiger partial charge on any atom is -0.496 e. The summed E-state index contributed by atoms with van der Waals surface area (Å²) in [4.78, 5) is 16.9. The topological polar surface area (TPSA) is 66.9 Å². The number of halogens is 1. The minimum absolute atomic E-state index is 0.0521. The van der Waals surface area contributed by atoms with Crippen molar-refractivity contribution in [3.63, 3.8) is 0 Å². The number of fused-ring (bicyclic) bond motifs is 1. The summed E-state index contributed by atoms with van der Waals surface area (Å²) in [5.74, 6) is 1.13. The van der Waals surface area contributed by atoms with Crippen LogP contribution >= 0.6 is 22.9 Å². The quantitative estimate of drug-likeness (QED) is 0.565. The molecule has 0 unspecified atom stereocenters. The number of esters is 1. The molecule has 0 spiro atoms. The SMILES string of the molecule is COc1ccccc1-c1nc(COC(=O)c2cc(Cl)c3c(c2)OCCO3)cs1. The molecule has 2 aromatic carbocycles. The molecule has 0 saturated carbocycles. The van der Waals surface area contributed by atoms with Gasteiger partial charge in [-0.1, -0.05) is 23.7 Å². The minimum atomic E-state index is -0.509. The van der Waals surface area contributed by atoms with E-state index in [1.807, 2.05) is 29.6 Å². The molecule has 144 valence electrons. The lowest BCUT2D eigenvalue weighted by Gasteiger charge is -2.19. The average molecular weight is 418 g/mol. The first-order chi connectivity index (χ1) is 13.7. The second-order valence-electron chi connectivity index (χ2n) is 5.90. The van der Waals surface area contributed by atoms with Gasteiger partial charge in [0.05, 0.1) is 29.0 Å². The van der Waals surface area contributed by atoms with Gasteiger partial charge in [0.2, 0.25) is 0 Å². The van der Waals surface area contributed by atoms with Crippen LogP contribution in [0.25, 0.3) is 10.6 Å². The van der Waals surface area contributed by atoms with E-state index in [-0.39, 0.29) is 6.61 Å². The lowest BCUT2D eigenvalue weighted by molar-refractivity contribution is 0.0467. The number of methoxy groups -OCH3 is 1. The van der Waals surface area contributed by atoms with E-state index in [1.165, 1.54) is 17.4 Å². The Morgan fingerprint density at radius 3 is 2.93 bits per heavy atom. The molecule has 1 aliphatic rings. The third-order valence-electron chi connectivity index (χ3n) is 4.07. The van der Waals surface area contributed by atoms with E-state index in [0.717, 1.165) is 16.3 Å². The Labute approximate surface area is 170 Å². The predicted octanol–water partition coefficient (Wildman–Crippen LogP) is 4.60. The molecule has 4 rings (SSSR count). The summed E-state index contributed by atoms with van der Waals surface area (Å²) in [6.07, 6.45) is 0. The van der Waals surface area contributed by atoms with Crippen LogP contribution in [0, 0.1) is 0 Å². The number of aromatic nitrogens is 1. The molecule has 3 aromatic rings. The van der Waals surface area contributed by atoms with E-state index < -0.39 is 5.97 Å². The fraction of sp³-hybridized carbons (Fsp3) is 0.200. The Balaban J connectivity index is 1.46. The van der Waals surface area contributed by atoms with Gasteiger partial charge in [0, 0.05) is 5.38 Å². The summed E-state index contributed by atoms with van der Waals surface area (Å²) in [6.45, 7) is 0.887. The van der Waals surface area contributed by atoms with E-state index in [0.29, 0.717) is 41.0 Å². The van der Waals surface area contributed by atoms with Crippen LogP contribution in [0.1, 0.15) is 16.1 Å². The van der Waals surface area contributed by atoms with Crippen LogP contribution < -0.4 is 14.2 Å². The summed E-state index contributed by atoms with van der Waals surface area (Å²) in [5, 5.41) is 2.97. The summed E-state index contributed by atoms with van der Waals surface area (Å²) >= 11 is 7.63. The zero-order valence-corrected chi connectivity index (χ0v) is 16.5. The first-order valence-corrected chi connectivity index (χ1v) is 9.75. The molecule has 0 bridgehead atoms. The zero-order valence-electron chi connectivity index (χ0n) is 14.9. The van der Waals surface area contributed by atoms with Gasteiger partial charge in [-0.25, -0.2) is 9.78 Å². The average Bonchev–Trinajstić information content (AvgIpc) is 3.21. The number of carbonyl (C=O) groups excluding carboxylic acids is 1. The maximum atomic E-state index is 12.4. The number of para-hydroxylation sites is 1. The molecule has 28 heavy (non-hydrogen) atoms. The monoisotopic (exact) mass is 417 g/mol. The summed E-state index contributed by atoms with van der Waals surface area (Å²) in [5.41, 5.74) is 1.85. The fourth-order valence-electron chi connectivity index (χ4n) is 2.77. The zero-order chi connectivity index (χ0) is 19.5. The molecule has 0 saturated heterocycles. The van der Waals surface area contributed by atoms with Crippen molar-refractivity contribution in [3.8, 4) is 27.8 Å². The third kappa shape index (κ3) is 3.76. The Morgan fingerprint density at radius 1 is 1.25 bits per heavy atom. The largest absolute Gasteiger partial charge is 0.496 e. The first-order valence-electron chi connectivity index (χ1n) is 8.50. The molecular formula is C20H16ClNO5S. The Kier molecular flexibility index (Phi) is 5.36. The van der Waals surface area contributed by atoms with Crippen molar-refractivity contribution < 1.29 is 23.7 Å². The fourth-order valence-corrected chi connectivity index (χ4v) is 3.87. The highest BCUT2D eigenvalue weighted by Gasteiger charge is 2.20. The number of hydrogen-bond donors (Lipinski definition) is 0. The van der Waals surface area contributed by atoms with Gasteiger partial charge in [-0.05, 0) is 24.3 Å². The molecule has 0 radical (unpaired) electrons. The van der Waals surface area contributed by atoms with Crippen LogP contribution in [0.15, 0.2) is 41.8 Å². The number of thiazole rings is 1. The second kappa shape index (κ2) is 8.08. The summed E-state index contributed by atoms with van der Waals surface area (Å²) in [6, 6.07) is 10.7. The first kappa shape index (κ1) is 18.6. The van der Waals surface area contributed by atoms with Crippen LogP contribution in [0.2, 0.25) is 5.02 Å². The van der Waals surface area contributed by atoms with E-state index in [2.05, 4.69) is 4.98 Å². The van der Waals surface area contributed by atoms with Crippen molar-refractivity contribution in [2.24, 2.45) is 0 Å². The van der Waals surface area contributed by atoms with E-state index in [9.17, 15) is 4.79 Å². The summed E-state index contributed by atoms with van der Waals surface area (Å²) in [7, 11) is 1.62. The van der Waals surface area contributed by atoms with Crippen LogP contribution in [0.4, 0.5) is 0 Å². The molecule has 6 nitrogen and oxygen atoms in total. The molecule has 1 aromatic heterocycles. The van der Waals surface area contributed by atoms with Crippen LogP contribution in [0.3, 0.4) is 0 Å². The maximum Gasteiger partial charge on any atom is 0.338 e. The van der Waals surface area contributed by atoms with Crippen molar-refractivity contribution in [1.29, 1.82) is 0 Å². The highest BCUT2D eigenvalue weighted by Crippen LogP contribution is 2.38. The van der Waals surface area contributed by atoms with E-state index in [4.69, 9.17) is 30.5 Å². The molecule has 0 atom stereocenters. The Hall–Kier alpha value is -2.77. The molecule has 0 fully saturated rings. The predicted molar refractivity (Wildman–Crippen MR) is 106 cm³/mol. The Bertz CT molecular complexity index is 1020. The molecule has 0 amide bonds. The molecule has 2 heterocycles. The van der Waals surface area contributed by atoms with Crippen molar-refractivity contribution in [3.05, 3.63) is 58.1 Å². The highest BCUT2D eigenvalue weighted by atomic mass is 35.5. The molecule has 0 aliphatic carbocycles. The molecule has 8 heteroatoms. The van der Waals surface area contributed by atoms with E-state index in [1.54, 1.807) is 13.2 Å². The van der Waals surface area contributed by atoms with Crippen LogP contribution in [0.5, 0.6) is 17.2 Å². The van der Waals surface area contributed by atoms with Gasteiger partial charge >= 0.3 is 5.97 Å².